The Hall–Kier alpha value is -5.56. The highest BCUT2D eigenvalue weighted by molar-refractivity contribution is 6.32. The van der Waals surface area contributed by atoms with Crippen molar-refractivity contribution < 1.29 is 61.5 Å². The maximum absolute atomic E-state index is 14.0. The van der Waals surface area contributed by atoms with Crippen molar-refractivity contribution in [1.29, 1.82) is 0 Å². The van der Waals surface area contributed by atoms with Gasteiger partial charge in [0.15, 0.2) is 0 Å². The molecule has 3 heterocycles. The van der Waals surface area contributed by atoms with Crippen molar-refractivity contribution in [2.45, 2.75) is 57.4 Å². The number of carbonyl (C=O) groups is 5. The monoisotopic (exact) mass is 946 g/mol. The molecule has 1 unspecified atom stereocenters. The van der Waals surface area contributed by atoms with Crippen molar-refractivity contribution in [3.63, 3.8) is 0 Å². The fraction of sp³-hybridized carbons (Fsp3) is 0.469. The first-order chi connectivity index (χ1) is 32.6. The molecule has 5 amide bonds. The molecule has 67 heavy (non-hydrogen) atoms. The van der Waals surface area contributed by atoms with E-state index in [1.165, 1.54) is 12.1 Å². The normalized spacial score (nSPS) is 18.8. The van der Waals surface area contributed by atoms with Crippen LogP contribution >= 0.6 is 11.6 Å². The molecule has 18 heteroatoms. The SMILES string of the molecule is C[C@@H](C(=O)Nc1ccc(Cl)c(OCCOCCOCCOCCOCCOCCOc2cccc3c2C(=O)N(C2CCC(=O)NC2=O)C3=O)c1)C1CCC(c2ccnc3ccc(F)cc23)CC1. The Balaban J connectivity index is 0.671. The molecule has 358 valence electrons. The molecule has 3 aliphatic rings. The number of imide groups is 2. The number of carbonyl (C=O) groups excluding carboxylic acids is 5. The number of piperidine rings is 1. The second-order valence-electron chi connectivity index (χ2n) is 16.5. The molecular weight excluding hydrogens is 891 g/mol. The van der Waals surface area contributed by atoms with E-state index < -0.39 is 29.7 Å². The zero-order valence-electron chi connectivity index (χ0n) is 37.4. The van der Waals surface area contributed by atoms with Crippen LogP contribution in [0.1, 0.15) is 77.6 Å². The number of anilines is 1. The van der Waals surface area contributed by atoms with Crippen molar-refractivity contribution in [1.82, 2.24) is 15.2 Å². The molecule has 2 aliphatic heterocycles. The van der Waals surface area contributed by atoms with E-state index in [0.717, 1.165) is 47.0 Å². The first-order valence-corrected chi connectivity index (χ1v) is 23.1. The minimum absolute atomic E-state index is 0.0399. The summed E-state index contributed by atoms with van der Waals surface area (Å²) in [6.45, 7) is 5.80. The minimum Gasteiger partial charge on any atom is -0.490 e. The largest absolute Gasteiger partial charge is 0.490 e. The van der Waals surface area contributed by atoms with E-state index in [2.05, 4.69) is 15.6 Å². The summed E-state index contributed by atoms with van der Waals surface area (Å²) in [5.74, 6) is -1.66. The molecular formula is C49H56ClFN4O12. The van der Waals surface area contributed by atoms with E-state index in [9.17, 15) is 28.4 Å². The van der Waals surface area contributed by atoms with Crippen molar-refractivity contribution in [3.05, 3.63) is 94.4 Å². The van der Waals surface area contributed by atoms with Gasteiger partial charge in [0.25, 0.3) is 11.8 Å². The Labute approximate surface area is 393 Å². The molecule has 0 bridgehead atoms. The van der Waals surface area contributed by atoms with Gasteiger partial charge in [-0.25, -0.2) is 4.39 Å². The van der Waals surface area contributed by atoms with Crippen molar-refractivity contribution in [2.75, 3.05) is 84.6 Å². The third kappa shape index (κ3) is 13.1. The summed E-state index contributed by atoms with van der Waals surface area (Å²) in [7, 11) is 0. The first kappa shape index (κ1) is 49.3. The van der Waals surface area contributed by atoms with E-state index in [-0.39, 0.29) is 73.1 Å². The van der Waals surface area contributed by atoms with Gasteiger partial charge in [-0.2, -0.15) is 0 Å². The lowest BCUT2D eigenvalue weighted by Crippen LogP contribution is -2.54. The van der Waals surface area contributed by atoms with E-state index >= 15 is 0 Å². The lowest BCUT2D eigenvalue weighted by molar-refractivity contribution is -0.136. The highest BCUT2D eigenvalue weighted by atomic mass is 35.5. The minimum atomic E-state index is -1.05. The van der Waals surface area contributed by atoms with Gasteiger partial charge < -0.3 is 38.5 Å². The number of pyridine rings is 1. The summed E-state index contributed by atoms with van der Waals surface area (Å²) in [4.78, 5) is 68.6. The molecule has 1 saturated carbocycles. The van der Waals surface area contributed by atoms with E-state index in [0.29, 0.717) is 81.8 Å². The maximum Gasteiger partial charge on any atom is 0.266 e. The van der Waals surface area contributed by atoms with Crippen LogP contribution in [0.15, 0.2) is 66.9 Å². The van der Waals surface area contributed by atoms with Gasteiger partial charge in [-0.1, -0.05) is 24.6 Å². The molecule has 1 aliphatic carbocycles. The molecule has 4 aromatic rings. The van der Waals surface area contributed by atoms with Crippen molar-refractivity contribution in [3.8, 4) is 11.5 Å². The molecule has 1 aromatic heterocycles. The summed E-state index contributed by atoms with van der Waals surface area (Å²) >= 11 is 6.39. The summed E-state index contributed by atoms with van der Waals surface area (Å²) in [5, 5.41) is 6.50. The molecule has 2 atom stereocenters. The van der Waals surface area contributed by atoms with Gasteiger partial charge in [-0.05, 0) is 98.0 Å². The van der Waals surface area contributed by atoms with Crippen LogP contribution in [0.2, 0.25) is 5.02 Å². The second-order valence-corrected chi connectivity index (χ2v) is 16.9. The predicted molar refractivity (Wildman–Crippen MR) is 244 cm³/mol. The molecule has 7 rings (SSSR count). The van der Waals surface area contributed by atoms with Crippen molar-refractivity contribution in [2.24, 2.45) is 11.8 Å². The Morgan fingerprint density at radius 2 is 1.39 bits per heavy atom. The average Bonchev–Trinajstić information content (AvgIpc) is 3.58. The van der Waals surface area contributed by atoms with Gasteiger partial charge in [-0.15, -0.1) is 0 Å². The summed E-state index contributed by atoms with van der Waals surface area (Å²) in [5.41, 5.74) is 2.75. The number of nitrogens with zero attached hydrogens (tertiary/aromatic N) is 2. The molecule has 0 spiro atoms. The van der Waals surface area contributed by atoms with Gasteiger partial charge in [-0.3, -0.25) is 39.2 Å². The number of ether oxygens (including phenoxy) is 7. The zero-order chi connectivity index (χ0) is 47.1. The maximum atomic E-state index is 14.0. The lowest BCUT2D eigenvalue weighted by atomic mass is 9.73. The standard InChI is InChI=1S/C49H56ClFN4O12/c1-31(32-5-7-33(8-6-32)36-15-16-52-40-12-9-34(51)29-38(36)40)46(57)53-35-10-11-39(50)43(30-35)67-28-26-65-24-22-63-20-18-61-17-19-62-21-23-64-25-27-66-42-4-2-3-37-45(42)49(60)55(48(37)59)41-13-14-44(56)54-47(41)58/h2-4,9-12,15-16,29-33,41H,5-8,13-14,17-28H2,1H3,(H,53,57)(H,54,56,58)/t31-,32?,33?,41?/m1/s1. The number of nitrogens with one attached hydrogen (secondary N) is 2. The number of amides is 5. The second kappa shape index (κ2) is 24.5. The Bertz CT molecular complexity index is 2380. The van der Waals surface area contributed by atoms with Crippen LogP contribution in [0.25, 0.3) is 10.9 Å². The summed E-state index contributed by atoms with van der Waals surface area (Å²) < 4.78 is 53.5. The topological polar surface area (TPSA) is 190 Å². The van der Waals surface area contributed by atoms with E-state index in [4.69, 9.17) is 44.8 Å². The molecule has 3 aromatic carbocycles. The molecule has 16 nitrogen and oxygen atoms in total. The van der Waals surface area contributed by atoms with Crippen LogP contribution < -0.4 is 20.1 Å². The zero-order valence-corrected chi connectivity index (χ0v) is 38.2. The van der Waals surface area contributed by atoms with Crippen LogP contribution in [0.5, 0.6) is 11.5 Å². The number of rotatable bonds is 25. The van der Waals surface area contributed by atoms with Gasteiger partial charge >= 0.3 is 0 Å². The van der Waals surface area contributed by atoms with Crippen molar-refractivity contribution >= 4 is 57.7 Å². The Morgan fingerprint density at radius 1 is 0.761 bits per heavy atom. The third-order valence-electron chi connectivity index (χ3n) is 12.2. The van der Waals surface area contributed by atoms with Gasteiger partial charge in [0.2, 0.25) is 17.7 Å². The number of halogens is 2. The van der Waals surface area contributed by atoms with Gasteiger partial charge in [0, 0.05) is 35.7 Å². The first-order valence-electron chi connectivity index (χ1n) is 22.7. The molecule has 2 N–H and O–H groups in total. The third-order valence-corrected chi connectivity index (χ3v) is 12.5. The number of benzene rings is 3. The highest BCUT2D eigenvalue weighted by Crippen LogP contribution is 2.41. The van der Waals surface area contributed by atoms with E-state index in [1.807, 2.05) is 13.0 Å². The predicted octanol–water partition coefficient (Wildman–Crippen LogP) is 6.52. The number of fused-ring (bicyclic) bond motifs is 2. The number of hydrogen-bond donors (Lipinski definition) is 2. The molecule has 2 fully saturated rings. The van der Waals surface area contributed by atoms with Gasteiger partial charge in [0.05, 0.1) is 87.7 Å². The van der Waals surface area contributed by atoms with Crippen LogP contribution in [0.3, 0.4) is 0 Å². The number of hydrogen-bond acceptors (Lipinski definition) is 13. The fourth-order valence-electron chi connectivity index (χ4n) is 8.59. The average molecular weight is 947 g/mol. The number of aromatic nitrogens is 1. The van der Waals surface area contributed by atoms with Crippen LogP contribution in [0, 0.1) is 17.7 Å². The molecule has 1 saturated heterocycles. The summed E-state index contributed by atoms with van der Waals surface area (Å²) in [6.07, 6.45) is 5.55. The lowest BCUT2D eigenvalue weighted by Gasteiger charge is -2.32. The Morgan fingerprint density at radius 3 is 2.03 bits per heavy atom. The van der Waals surface area contributed by atoms with Crippen LogP contribution in [0.4, 0.5) is 10.1 Å². The van der Waals surface area contributed by atoms with Crippen LogP contribution in [-0.4, -0.2) is 125 Å². The van der Waals surface area contributed by atoms with E-state index in [1.54, 1.807) is 48.7 Å². The quantitative estimate of drug-likeness (QED) is 0.0540. The highest BCUT2D eigenvalue weighted by Gasteiger charge is 2.46. The van der Waals surface area contributed by atoms with Gasteiger partial charge in [0.1, 0.15) is 36.6 Å². The summed E-state index contributed by atoms with van der Waals surface area (Å²) in [6, 6.07) is 15.5. The fourth-order valence-corrected chi connectivity index (χ4v) is 8.77. The molecule has 0 radical (unpaired) electrons. The Kier molecular flexibility index (Phi) is 18.0. The van der Waals surface area contributed by atoms with Crippen LogP contribution in [-0.2, 0) is 38.1 Å². The smallest absolute Gasteiger partial charge is 0.266 e.